The lowest BCUT2D eigenvalue weighted by Gasteiger charge is -2.20. The minimum Gasteiger partial charge on any atom is -0.480 e. The Morgan fingerprint density at radius 3 is 2.67 bits per heavy atom. The molecule has 6 nitrogen and oxygen atoms in total. The maximum atomic E-state index is 12.4. The van der Waals surface area contributed by atoms with Crippen LogP contribution in [0.5, 0.6) is 0 Å². The number of carboxylic acid groups (broad SMARTS) is 1. The van der Waals surface area contributed by atoms with Crippen molar-refractivity contribution < 1.29 is 19.5 Å². The monoisotopic (exact) mass is 330 g/mol. The van der Waals surface area contributed by atoms with Crippen molar-refractivity contribution in [3.63, 3.8) is 0 Å². The summed E-state index contributed by atoms with van der Waals surface area (Å²) in [6, 6.07) is 6.85. The predicted octanol–water partition coefficient (Wildman–Crippen LogP) is 1.58. The van der Waals surface area contributed by atoms with Crippen molar-refractivity contribution in [3.8, 4) is 0 Å². The van der Waals surface area contributed by atoms with Gasteiger partial charge >= 0.3 is 5.97 Å². The van der Waals surface area contributed by atoms with Gasteiger partial charge in [-0.1, -0.05) is 25.1 Å². The third-order valence-corrected chi connectivity index (χ3v) is 4.82. The highest BCUT2D eigenvalue weighted by Gasteiger charge is 2.41. The molecule has 0 radical (unpaired) electrons. The van der Waals surface area contributed by atoms with Crippen molar-refractivity contribution in [2.24, 2.45) is 11.8 Å². The Balaban J connectivity index is 1.70. The third kappa shape index (κ3) is 3.27. The van der Waals surface area contributed by atoms with E-state index >= 15 is 0 Å². The second kappa shape index (κ2) is 6.63. The van der Waals surface area contributed by atoms with E-state index in [4.69, 9.17) is 0 Å². The van der Waals surface area contributed by atoms with Crippen molar-refractivity contribution >= 4 is 23.5 Å². The van der Waals surface area contributed by atoms with Gasteiger partial charge in [0.15, 0.2) is 0 Å². The lowest BCUT2D eigenvalue weighted by molar-refractivity contribution is -0.143. The molecule has 1 aromatic carbocycles. The Labute approximate surface area is 140 Å². The molecular formula is C18H22N2O4. The standard InChI is InChI=1S/C18H22N2O4/c1-2-11-5-3-4-6-14(11)20-10-13(9-15(20)21)17(22)19-16(18(23)24)12-7-8-12/h3-6,12-13,16H,2,7-10H2,1H3,(H,19,22)(H,23,24). The van der Waals surface area contributed by atoms with E-state index < -0.39 is 17.9 Å². The molecule has 2 amide bonds. The van der Waals surface area contributed by atoms with E-state index in [0.29, 0.717) is 6.54 Å². The predicted molar refractivity (Wildman–Crippen MR) is 88.6 cm³/mol. The molecule has 24 heavy (non-hydrogen) atoms. The van der Waals surface area contributed by atoms with Crippen molar-refractivity contribution in [1.29, 1.82) is 0 Å². The molecule has 1 aliphatic heterocycles. The Morgan fingerprint density at radius 1 is 1.33 bits per heavy atom. The number of aryl methyl sites for hydroxylation is 1. The second-order valence-electron chi connectivity index (χ2n) is 6.55. The highest BCUT2D eigenvalue weighted by atomic mass is 16.4. The molecule has 1 heterocycles. The molecule has 3 rings (SSSR count). The third-order valence-electron chi connectivity index (χ3n) is 4.82. The number of carboxylic acids is 1. The highest BCUT2D eigenvalue weighted by Crippen LogP contribution is 2.33. The molecular weight excluding hydrogens is 308 g/mol. The fourth-order valence-electron chi connectivity index (χ4n) is 3.27. The molecule has 0 spiro atoms. The molecule has 0 aromatic heterocycles. The summed E-state index contributed by atoms with van der Waals surface area (Å²) in [6.45, 7) is 2.33. The van der Waals surface area contributed by atoms with Crippen molar-refractivity contribution in [3.05, 3.63) is 29.8 Å². The van der Waals surface area contributed by atoms with Gasteiger partial charge in [0, 0.05) is 18.7 Å². The molecule has 1 aliphatic carbocycles. The minimum atomic E-state index is -0.997. The number of anilines is 1. The summed E-state index contributed by atoms with van der Waals surface area (Å²) in [4.78, 5) is 37.7. The Hall–Kier alpha value is -2.37. The zero-order valence-corrected chi connectivity index (χ0v) is 13.7. The first kappa shape index (κ1) is 16.5. The van der Waals surface area contributed by atoms with Gasteiger partial charge in [0.1, 0.15) is 6.04 Å². The van der Waals surface area contributed by atoms with Crippen molar-refractivity contribution in [1.82, 2.24) is 5.32 Å². The highest BCUT2D eigenvalue weighted by molar-refractivity contribution is 6.01. The number of para-hydroxylation sites is 1. The molecule has 2 fully saturated rings. The summed E-state index contributed by atoms with van der Waals surface area (Å²) in [5.41, 5.74) is 1.91. The molecule has 1 saturated heterocycles. The Morgan fingerprint density at radius 2 is 2.04 bits per heavy atom. The first-order valence-corrected chi connectivity index (χ1v) is 8.42. The van der Waals surface area contributed by atoms with Crippen LogP contribution in [0, 0.1) is 11.8 Å². The summed E-state index contributed by atoms with van der Waals surface area (Å²) in [5.74, 6) is -1.89. The van der Waals surface area contributed by atoms with Gasteiger partial charge in [0.25, 0.3) is 0 Å². The van der Waals surface area contributed by atoms with Crippen LogP contribution in [0.15, 0.2) is 24.3 Å². The first-order chi connectivity index (χ1) is 11.5. The smallest absolute Gasteiger partial charge is 0.326 e. The minimum absolute atomic E-state index is 0.0282. The van der Waals surface area contributed by atoms with Crippen LogP contribution in [0.1, 0.15) is 31.7 Å². The van der Waals surface area contributed by atoms with Crippen LogP contribution < -0.4 is 10.2 Å². The average Bonchev–Trinajstić information content (AvgIpc) is 3.33. The molecule has 2 N–H and O–H groups in total. The number of carbonyl (C=O) groups is 3. The lowest BCUT2D eigenvalue weighted by atomic mass is 10.1. The van der Waals surface area contributed by atoms with Crippen LogP contribution in [-0.4, -0.2) is 35.5 Å². The normalized spacial score (nSPS) is 21.6. The lowest BCUT2D eigenvalue weighted by Crippen LogP contribution is -2.45. The number of nitrogens with zero attached hydrogens (tertiary/aromatic N) is 1. The maximum absolute atomic E-state index is 12.4. The van der Waals surface area contributed by atoms with Crippen LogP contribution in [-0.2, 0) is 20.8 Å². The Kier molecular flexibility index (Phi) is 4.55. The zero-order chi connectivity index (χ0) is 17.3. The van der Waals surface area contributed by atoms with Crippen LogP contribution in [0.2, 0.25) is 0 Å². The van der Waals surface area contributed by atoms with Crippen LogP contribution in [0.4, 0.5) is 5.69 Å². The topological polar surface area (TPSA) is 86.7 Å². The second-order valence-corrected chi connectivity index (χ2v) is 6.55. The summed E-state index contributed by atoms with van der Waals surface area (Å²) < 4.78 is 0. The Bertz CT molecular complexity index is 669. The summed E-state index contributed by atoms with van der Waals surface area (Å²) in [7, 11) is 0. The van der Waals surface area contributed by atoms with Crippen LogP contribution in [0.25, 0.3) is 0 Å². The van der Waals surface area contributed by atoms with Gasteiger partial charge in [-0.05, 0) is 36.8 Å². The molecule has 2 unspecified atom stereocenters. The summed E-state index contributed by atoms with van der Waals surface area (Å²) >= 11 is 0. The van der Waals surface area contributed by atoms with Gasteiger partial charge in [-0.25, -0.2) is 4.79 Å². The van der Waals surface area contributed by atoms with Gasteiger partial charge in [-0.2, -0.15) is 0 Å². The number of carbonyl (C=O) groups excluding carboxylic acids is 2. The number of amides is 2. The van der Waals surface area contributed by atoms with E-state index in [1.165, 1.54) is 0 Å². The fraction of sp³-hybridized carbons (Fsp3) is 0.500. The SMILES string of the molecule is CCc1ccccc1N1CC(C(=O)NC(C(=O)O)C2CC2)CC1=O. The van der Waals surface area contributed by atoms with E-state index in [-0.39, 0.29) is 24.2 Å². The first-order valence-electron chi connectivity index (χ1n) is 8.42. The molecule has 1 saturated carbocycles. The number of rotatable bonds is 6. The number of hydrogen-bond donors (Lipinski definition) is 2. The van der Waals surface area contributed by atoms with Gasteiger partial charge in [0.05, 0.1) is 5.92 Å². The van der Waals surface area contributed by atoms with E-state index in [2.05, 4.69) is 5.32 Å². The van der Waals surface area contributed by atoms with Crippen molar-refractivity contribution in [2.75, 3.05) is 11.4 Å². The zero-order valence-electron chi connectivity index (χ0n) is 13.7. The molecule has 1 aromatic rings. The van der Waals surface area contributed by atoms with E-state index in [0.717, 1.165) is 30.5 Å². The van der Waals surface area contributed by atoms with E-state index in [1.807, 2.05) is 31.2 Å². The van der Waals surface area contributed by atoms with Gasteiger partial charge in [-0.3, -0.25) is 9.59 Å². The molecule has 2 atom stereocenters. The fourth-order valence-corrected chi connectivity index (χ4v) is 3.27. The average molecular weight is 330 g/mol. The van der Waals surface area contributed by atoms with Gasteiger partial charge < -0.3 is 15.3 Å². The molecule has 6 heteroatoms. The maximum Gasteiger partial charge on any atom is 0.326 e. The number of aliphatic carboxylic acids is 1. The van der Waals surface area contributed by atoms with Crippen LogP contribution in [0.3, 0.4) is 0 Å². The molecule has 0 bridgehead atoms. The number of nitrogens with one attached hydrogen (secondary N) is 1. The number of benzene rings is 1. The van der Waals surface area contributed by atoms with Gasteiger partial charge in [-0.15, -0.1) is 0 Å². The number of hydrogen-bond acceptors (Lipinski definition) is 3. The van der Waals surface area contributed by atoms with Gasteiger partial charge in [0.2, 0.25) is 11.8 Å². The van der Waals surface area contributed by atoms with Crippen LogP contribution >= 0.6 is 0 Å². The van der Waals surface area contributed by atoms with E-state index in [1.54, 1.807) is 4.90 Å². The summed E-state index contributed by atoms with van der Waals surface area (Å²) in [5, 5.41) is 11.9. The molecule has 128 valence electrons. The largest absolute Gasteiger partial charge is 0.480 e. The summed E-state index contributed by atoms with van der Waals surface area (Å²) in [6.07, 6.45) is 2.59. The van der Waals surface area contributed by atoms with Crippen molar-refractivity contribution in [2.45, 2.75) is 38.6 Å². The quantitative estimate of drug-likeness (QED) is 0.829. The van der Waals surface area contributed by atoms with E-state index in [9.17, 15) is 19.5 Å². The molecule has 2 aliphatic rings.